The number of carbonyl (C=O) groups excluding carboxylic acids is 2. The van der Waals surface area contributed by atoms with Crippen LogP contribution in [0.1, 0.15) is 20.7 Å². The first-order valence-electron chi connectivity index (χ1n) is 14.6. The molecule has 0 saturated carbocycles. The van der Waals surface area contributed by atoms with E-state index in [0.29, 0.717) is 22.5 Å². The lowest BCUT2D eigenvalue weighted by Crippen LogP contribution is -2.36. The third-order valence-corrected chi connectivity index (χ3v) is 7.59. The number of rotatable bonds is 8. The van der Waals surface area contributed by atoms with Gasteiger partial charge in [0.15, 0.2) is 0 Å². The van der Waals surface area contributed by atoms with Gasteiger partial charge in [0, 0.05) is 71.4 Å². The fraction of sp³-hybridized carbons (Fsp3) is 0.235. The van der Waals surface area contributed by atoms with Crippen LogP contribution in [-0.2, 0) is 9.47 Å². The van der Waals surface area contributed by atoms with Crippen molar-refractivity contribution in [1.29, 1.82) is 0 Å². The van der Waals surface area contributed by atoms with Gasteiger partial charge in [-0.15, -0.1) is 0 Å². The van der Waals surface area contributed by atoms with Crippen LogP contribution in [0.5, 0.6) is 0 Å². The monoisotopic (exact) mass is 577 g/mol. The van der Waals surface area contributed by atoms with Gasteiger partial charge in [-0.1, -0.05) is 0 Å². The van der Waals surface area contributed by atoms with Crippen LogP contribution in [0.25, 0.3) is 0 Å². The highest BCUT2D eigenvalue weighted by molar-refractivity contribution is 6.05. The van der Waals surface area contributed by atoms with Gasteiger partial charge in [-0.2, -0.15) is 0 Å². The van der Waals surface area contributed by atoms with Crippen molar-refractivity contribution < 1.29 is 19.1 Å². The minimum atomic E-state index is -0.153. The number of nitrogens with zero attached hydrogens (tertiary/aromatic N) is 2. The summed E-state index contributed by atoms with van der Waals surface area (Å²) in [6.45, 7) is 6.34. The van der Waals surface area contributed by atoms with E-state index in [9.17, 15) is 9.59 Å². The second kappa shape index (κ2) is 13.4. The fourth-order valence-corrected chi connectivity index (χ4v) is 5.14. The lowest BCUT2D eigenvalue weighted by molar-refractivity contribution is 0.101. The predicted octanol–water partition coefficient (Wildman–Crippen LogP) is 5.61. The highest BCUT2D eigenvalue weighted by Crippen LogP contribution is 2.23. The van der Waals surface area contributed by atoms with E-state index in [1.807, 2.05) is 97.1 Å². The van der Waals surface area contributed by atoms with E-state index < -0.39 is 0 Å². The van der Waals surface area contributed by atoms with E-state index in [2.05, 4.69) is 25.8 Å². The third kappa shape index (κ3) is 7.32. The first kappa shape index (κ1) is 28.3. The molecular weight excluding hydrogens is 542 g/mol. The predicted molar refractivity (Wildman–Crippen MR) is 171 cm³/mol. The largest absolute Gasteiger partial charge is 0.378 e. The number of ether oxygens (including phenoxy) is 2. The van der Waals surface area contributed by atoms with Crippen LogP contribution in [0.15, 0.2) is 97.1 Å². The molecule has 2 fully saturated rings. The van der Waals surface area contributed by atoms with Crippen molar-refractivity contribution in [1.82, 2.24) is 0 Å². The number of hydrogen-bond donors (Lipinski definition) is 3. The average Bonchev–Trinajstić information content (AvgIpc) is 3.07. The molecular formula is C34H35N5O4. The quantitative estimate of drug-likeness (QED) is 0.251. The van der Waals surface area contributed by atoms with Crippen LogP contribution in [0.4, 0.5) is 34.1 Å². The van der Waals surface area contributed by atoms with E-state index in [1.54, 1.807) is 0 Å². The summed E-state index contributed by atoms with van der Waals surface area (Å²) in [7, 11) is 0. The second-order valence-corrected chi connectivity index (χ2v) is 10.5. The molecule has 6 rings (SSSR count). The Morgan fingerprint density at radius 1 is 0.465 bits per heavy atom. The number of benzene rings is 4. The molecule has 2 aliphatic heterocycles. The first-order valence-corrected chi connectivity index (χ1v) is 14.6. The molecule has 4 aromatic carbocycles. The van der Waals surface area contributed by atoms with Crippen molar-refractivity contribution in [2.45, 2.75) is 0 Å². The Balaban J connectivity index is 0.987. The molecule has 0 unspecified atom stereocenters. The summed E-state index contributed by atoms with van der Waals surface area (Å²) in [4.78, 5) is 30.0. The summed E-state index contributed by atoms with van der Waals surface area (Å²) < 4.78 is 10.8. The molecule has 0 aliphatic carbocycles. The molecule has 43 heavy (non-hydrogen) atoms. The SMILES string of the molecule is O=C(Nc1ccc(Nc2ccc(NC(=O)c3ccc(N4CCOCC4)cc3)cc2)cc1)c1ccc(N2CCOCC2)cc1. The van der Waals surface area contributed by atoms with Crippen molar-refractivity contribution in [3.05, 3.63) is 108 Å². The number of carbonyl (C=O) groups is 2. The minimum Gasteiger partial charge on any atom is -0.378 e. The topological polar surface area (TPSA) is 95.2 Å². The summed E-state index contributed by atoms with van der Waals surface area (Å²) >= 11 is 0. The molecule has 2 heterocycles. The maximum absolute atomic E-state index is 12.8. The van der Waals surface area contributed by atoms with Gasteiger partial charge in [0.05, 0.1) is 26.4 Å². The Kier molecular flexibility index (Phi) is 8.82. The molecule has 2 amide bonds. The lowest BCUT2D eigenvalue weighted by atomic mass is 10.1. The Morgan fingerprint density at radius 3 is 1.14 bits per heavy atom. The van der Waals surface area contributed by atoms with Crippen LogP contribution < -0.4 is 25.8 Å². The fourth-order valence-electron chi connectivity index (χ4n) is 5.14. The number of nitrogens with one attached hydrogen (secondary N) is 3. The summed E-state index contributed by atoms with van der Waals surface area (Å²) in [5.41, 5.74) is 6.59. The highest BCUT2D eigenvalue weighted by Gasteiger charge is 2.14. The van der Waals surface area contributed by atoms with E-state index >= 15 is 0 Å². The number of hydrogen-bond acceptors (Lipinski definition) is 7. The molecule has 0 radical (unpaired) electrons. The Morgan fingerprint density at radius 2 is 0.791 bits per heavy atom. The molecule has 3 N–H and O–H groups in total. The van der Waals surface area contributed by atoms with Crippen molar-refractivity contribution in [3.63, 3.8) is 0 Å². The van der Waals surface area contributed by atoms with E-state index in [0.717, 1.165) is 75.4 Å². The molecule has 0 atom stereocenters. The molecule has 9 heteroatoms. The van der Waals surface area contributed by atoms with Gasteiger partial charge in [0.2, 0.25) is 0 Å². The number of amides is 2. The van der Waals surface area contributed by atoms with E-state index in [-0.39, 0.29) is 11.8 Å². The minimum absolute atomic E-state index is 0.153. The molecule has 9 nitrogen and oxygen atoms in total. The molecule has 2 saturated heterocycles. The Hall–Kier alpha value is -4.86. The van der Waals surface area contributed by atoms with Crippen molar-refractivity contribution in [3.8, 4) is 0 Å². The van der Waals surface area contributed by atoms with Crippen molar-refractivity contribution in [2.75, 3.05) is 78.4 Å². The van der Waals surface area contributed by atoms with Crippen LogP contribution in [0.3, 0.4) is 0 Å². The molecule has 0 spiro atoms. The van der Waals surface area contributed by atoms with Crippen LogP contribution in [-0.4, -0.2) is 64.4 Å². The zero-order valence-corrected chi connectivity index (χ0v) is 23.9. The van der Waals surface area contributed by atoms with Crippen LogP contribution in [0.2, 0.25) is 0 Å². The summed E-state index contributed by atoms with van der Waals surface area (Å²) in [5.74, 6) is -0.306. The molecule has 0 aromatic heterocycles. The van der Waals surface area contributed by atoms with Gasteiger partial charge in [0.25, 0.3) is 11.8 Å². The van der Waals surface area contributed by atoms with Gasteiger partial charge < -0.3 is 35.2 Å². The highest BCUT2D eigenvalue weighted by atomic mass is 16.5. The number of anilines is 6. The third-order valence-electron chi connectivity index (χ3n) is 7.59. The maximum atomic E-state index is 12.8. The molecule has 4 aromatic rings. The normalized spacial score (nSPS) is 15.1. The van der Waals surface area contributed by atoms with Crippen molar-refractivity contribution >= 4 is 45.9 Å². The summed E-state index contributed by atoms with van der Waals surface area (Å²) in [6, 6.07) is 30.4. The van der Waals surface area contributed by atoms with Crippen LogP contribution in [0, 0.1) is 0 Å². The molecule has 0 bridgehead atoms. The average molecular weight is 578 g/mol. The van der Waals surface area contributed by atoms with Crippen molar-refractivity contribution in [2.24, 2.45) is 0 Å². The maximum Gasteiger partial charge on any atom is 0.255 e. The first-order chi connectivity index (χ1) is 21.1. The summed E-state index contributed by atoms with van der Waals surface area (Å²) in [5, 5.41) is 9.27. The van der Waals surface area contributed by atoms with Gasteiger partial charge >= 0.3 is 0 Å². The zero-order chi connectivity index (χ0) is 29.4. The smallest absolute Gasteiger partial charge is 0.255 e. The Labute approximate surface area is 251 Å². The second-order valence-electron chi connectivity index (χ2n) is 10.5. The van der Waals surface area contributed by atoms with Gasteiger partial charge in [-0.3, -0.25) is 9.59 Å². The Bertz CT molecular complexity index is 1390. The van der Waals surface area contributed by atoms with Gasteiger partial charge in [-0.05, 0) is 97.1 Å². The van der Waals surface area contributed by atoms with E-state index in [1.165, 1.54) is 0 Å². The lowest BCUT2D eigenvalue weighted by Gasteiger charge is -2.28. The summed E-state index contributed by atoms with van der Waals surface area (Å²) in [6.07, 6.45) is 0. The van der Waals surface area contributed by atoms with E-state index in [4.69, 9.17) is 9.47 Å². The molecule has 2 aliphatic rings. The van der Waals surface area contributed by atoms with Gasteiger partial charge in [-0.25, -0.2) is 0 Å². The number of morpholine rings is 2. The molecule has 220 valence electrons. The standard InChI is InChI=1S/C34H35N5O4/c40-33(25-1-13-31(14-2-25)38-17-21-42-22-18-38)36-29-9-5-27(6-10-29)35-28-7-11-30(12-8-28)37-34(41)26-3-15-32(16-4-26)39-19-23-43-24-20-39/h1-16,35H,17-24H2,(H,36,40)(H,37,41). The van der Waals surface area contributed by atoms with Crippen LogP contribution >= 0.6 is 0 Å². The van der Waals surface area contributed by atoms with Gasteiger partial charge in [0.1, 0.15) is 0 Å². The zero-order valence-electron chi connectivity index (χ0n) is 23.9.